The lowest BCUT2D eigenvalue weighted by Crippen LogP contribution is -2.18. The first kappa shape index (κ1) is 9.82. The first-order valence-electron chi connectivity index (χ1n) is 2.58. The van der Waals surface area contributed by atoms with Gasteiger partial charge in [0.05, 0.1) is 5.02 Å². The molecule has 1 aromatic heterocycles. The Morgan fingerprint density at radius 2 is 2.08 bits per heavy atom. The van der Waals surface area contributed by atoms with Gasteiger partial charge in [0.1, 0.15) is 0 Å². The topological polar surface area (TPSA) is 79.5 Å². The van der Waals surface area contributed by atoms with Gasteiger partial charge >= 0.3 is 0 Å². The lowest BCUT2D eigenvalue weighted by Gasteiger charge is -1.93. The summed E-state index contributed by atoms with van der Waals surface area (Å²) in [4.78, 5) is 1.06. The number of sulfonamides is 1. The monoisotopic (exact) mass is 231 g/mol. The largest absolute Gasteiger partial charge is 0.430 e. The summed E-state index contributed by atoms with van der Waals surface area (Å²) in [5.74, 6) is 0. The van der Waals surface area contributed by atoms with E-state index in [0.717, 1.165) is 11.0 Å². The molecule has 0 aliphatic heterocycles. The SMILES string of the molecule is O=S(=O)(NO)c1cc(Cl)c(Cl)o1. The highest BCUT2D eigenvalue weighted by atomic mass is 35.5. The van der Waals surface area contributed by atoms with E-state index in [2.05, 4.69) is 4.42 Å². The Morgan fingerprint density at radius 1 is 1.50 bits per heavy atom. The molecule has 8 heteroatoms. The molecule has 0 aromatic carbocycles. The standard InChI is InChI=1S/C4H3Cl2NO4S/c5-2-1-3(11-4(2)6)12(9,10)7-8/h1,7-8H. The third-order valence-electron chi connectivity index (χ3n) is 1.01. The van der Waals surface area contributed by atoms with Crippen LogP contribution in [0, 0.1) is 0 Å². The third kappa shape index (κ3) is 1.73. The van der Waals surface area contributed by atoms with Crippen molar-refractivity contribution < 1.29 is 18.0 Å². The third-order valence-corrected chi connectivity index (χ3v) is 2.64. The summed E-state index contributed by atoms with van der Waals surface area (Å²) in [5, 5.41) is 7.34. The maximum Gasteiger partial charge on any atom is 0.295 e. The van der Waals surface area contributed by atoms with Gasteiger partial charge in [0, 0.05) is 6.07 Å². The van der Waals surface area contributed by atoms with Gasteiger partial charge in [0.25, 0.3) is 10.0 Å². The number of halogens is 2. The van der Waals surface area contributed by atoms with Crippen molar-refractivity contribution in [2.45, 2.75) is 5.09 Å². The fourth-order valence-electron chi connectivity index (χ4n) is 0.504. The predicted molar refractivity (Wildman–Crippen MR) is 40.8 cm³/mol. The van der Waals surface area contributed by atoms with Crippen LogP contribution in [-0.2, 0) is 10.0 Å². The van der Waals surface area contributed by atoms with Crippen LogP contribution < -0.4 is 4.89 Å². The molecule has 0 saturated heterocycles. The fraction of sp³-hybridized carbons (Fsp3) is 0. The van der Waals surface area contributed by atoms with Crippen LogP contribution in [0.25, 0.3) is 0 Å². The molecule has 0 bridgehead atoms. The Labute approximate surface area is 77.9 Å². The van der Waals surface area contributed by atoms with Crippen LogP contribution in [0.2, 0.25) is 10.2 Å². The molecule has 12 heavy (non-hydrogen) atoms. The van der Waals surface area contributed by atoms with Crippen molar-refractivity contribution in [1.29, 1.82) is 0 Å². The summed E-state index contributed by atoms with van der Waals surface area (Å²) in [6.07, 6.45) is 0. The molecule has 0 unspecified atom stereocenters. The minimum atomic E-state index is -4.03. The second kappa shape index (κ2) is 3.23. The number of furan rings is 1. The van der Waals surface area contributed by atoms with E-state index in [4.69, 9.17) is 28.4 Å². The Hall–Kier alpha value is -0.270. The fourth-order valence-corrected chi connectivity index (χ4v) is 1.45. The molecule has 0 aliphatic rings. The van der Waals surface area contributed by atoms with Crippen LogP contribution in [0.1, 0.15) is 0 Å². The lowest BCUT2D eigenvalue weighted by atomic mass is 10.7. The van der Waals surface area contributed by atoms with Crippen molar-refractivity contribution in [3.63, 3.8) is 0 Å². The van der Waals surface area contributed by atoms with Gasteiger partial charge in [0.15, 0.2) is 0 Å². The molecule has 1 rings (SSSR count). The zero-order chi connectivity index (χ0) is 9.35. The van der Waals surface area contributed by atoms with Crippen molar-refractivity contribution in [2.24, 2.45) is 0 Å². The van der Waals surface area contributed by atoms with Crippen LogP contribution in [0.4, 0.5) is 0 Å². The Bertz CT molecular complexity index is 364. The van der Waals surface area contributed by atoms with Crippen LogP contribution in [0.15, 0.2) is 15.6 Å². The zero-order valence-corrected chi connectivity index (χ0v) is 7.74. The van der Waals surface area contributed by atoms with Gasteiger partial charge < -0.3 is 9.62 Å². The van der Waals surface area contributed by atoms with E-state index in [-0.39, 0.29) is 10.2 Å². The molecule has 0 fully saturated rings. The van der Waals surface area contributed by atoms with E-state index in [0.29, 0.717) is 0 Å². The molecule has 2 N–H and O–H groups in total. The minimum Gasteiger partial charge on any atom is -0.430 e. The maximum absolute atomic E-state index is 10.8. The summed E-state index contributed by atoms with van der Waals surface area (Å²) in [6, 6.07) is 0.975. The minimum absolute atomic E-state index is 0.0366. The first-order valence-corrected chi connectivity index (χ1v) is 4.82. The van der Waals surface area contributed by atoms with Crippen LogP contribution in [-0.4, -0.2) is 13.6 Å². The zero-order valence-electron chi connectivity index (χ0n) is 5.41. The summed E-state index contributed by atoms with van der Waals surface area (Å²) in [5.41, 5.74) is 0. The summed E-state index contributed by atoms with van der Waals surface area (Å²) < 4.78 is 26.1. The Kier molecular flexibility index (Phi) is 2.64. The van der Waals surface area contributed by atoms with E-state index >= 15 is 0 Å². The van der Waals surface area contributed by atoms with E-state index in [1.165, 1.54) is 0 Å². The molecule has 1 aromatic rings. The van der Waals surface area contributed by atoms with E-state index in [1.807, 2.05) is 0 Å². The Morgan fingerprint density at radius 3 is 2.42 bits per heavy atom. The van der Waals surface area contributed by atoms with Crippen molar-refractivity contribution >= 4 is 33.2 Å². The molecular weight excluding hydrogens is 229 g/mol. The predicted octanol–water partition coefficient (Wildman–Crippen LogP) is 1.25. The Balaban J connectivity index is 3.22. The summed E-state index contributed by atoms with van der Waals surface area (Å²) in [7, 11) is -4.03. The number of hydrogen-bond donors (Lipinski definition) is 2. The van der Waals surface area contributed by atoms with Crippen molar-refractivity contribution in [3.8, 4) is 0 Å². The average molecular weight is 232 g/mol. The van der Waals surface area contributed by atoms with Crippen LogP contribution in [0.3, 0.4) is 0 Å². The summed E-state index contributed by atoms with van der Waals surface area (Å²) in [6.45, 7) is 0. The normalized spacial score (nSPS) is 11.9. The average Bonchev–Trinajstić information content (AvgIpc) is 2.33. The van der Waals surface area contributed by atoms with Gasteiger partial charge in [-0.25, -0.2) is 8.42 Å². The second-order valence-corrected chi connectivity index (χ2v) is 4.12. The lowest BCUT2D eigenvalue weighted by molar-refractivity contribution is 0.238. The van der Waals surface area contributed by atoms with Gasteiger partial charge in [-0.2, -0.15) is 0 Å². The van der Waals surface area contributed by atoms with Crippen molar-refractivity contribution in [2.75, 3.05) is 0 Å². The van der Waals surface area contributed by atoms with Crippen LogP contribution in [0.5, 0.6) is 0 Å². The molecule has 1 heterocycles. The molecule has 0 aliphatic carbocycles. The van der Waals surface area contributed by atoms with Crippen molar-refractivity contribution in [1.82, 2.24) is 4.89 Å². The molecule has 0 radical (unpaired) electrons. The van der Waals surface area contributed by atoms with E-state index in [1.54, 1.807) is 0 Å². The van der Waals surface area contributed by atoms with Crippen LogP contribution >= 0.6 is 23.2 Å². The number of nitrogens with one attached hydrogen (secondary N) is 1. The molecule has 68 valence electrons. The molecule has 0 saturated carbocycles. The van der Waals surface area contributed by atoms with Gasteiger partial charge in [-0.3, -0.25) is 0 Å². The van der Waals surface area contributed by atoms with Gasteiger partial charge in [0.2, 0.25) is 10.3 Å². The quantitative estimate of drug-likeness (QED) is 0.752. The van der Waals surface area contributed by atoms with Gasteiger partial charge in [-0.05, 0) is 11.6 Å². The van der Waals surface area contributed by atoms with E-state index in [9.17, 15) is 8.42 Å². The van der Waals surface area contributed by atoms with Gasteiger partial charge in [-0.1, -0.05) is 16.5 Å². The highest BCUT2D eigenvalue weighted by Gasteiger charge is 2.19. The molecule has 0 amide bonds. The summed E-state index contributed by atoms with van der Waals surface area (Å²) >= 11 is 10.7. The number of rotatable bonds is 2. The molecular formula is C4H3Cl2NO4S. The molecule has 5 nitrogen and oxygen atoms in total. The second-order valence-electron chi connectivity index (χ2n) is 1.78. The first-order chi connectivity index (χ1) is 5.47. The van der Waals surface area contributed by atoms with Crippen molar-refractivity contribution in [3.05, 3.63) is 16.3 Å². The maximum atomic E-state index is 10.8. The molecule has 0 spiro atoms. The smallest absolute Gasteiger partial charge is 0.295 e. The highest BCUT2D eigenvalue weighted by molar-refractivity contribution is 7.89. The molecule has 0 atom stereocenters. The number of hydrogen-bond acceptors (Lipinski definition) is 4. The van der Waals surface area contributed by atoms with Gasteiger partial charge in [-0.15, -0.1) is 0 Å². The highest BCUT2D eigenvalue weighted by Crippen LogP contribution is 2.27. The van der Waals surface area contributed by atoms with E-state index < -0.39 is 15.1 Å².